The van der Waals surface area contributed by atoms with Crippen LogP contribution in [0.25, 0.3) is 0 Å². The SMILES string of the molecule is COC(=O)c1ccc(NC(=O)[C@@H]2CC(=O)N(c3cccc(C)c3C)C2)cc1. The number of rotatable bonds is 4. The van der Waals surface area contributed by atoms with Gasteiger partial charge in [0.15, 0.2) is 0 Å². The van der Waals surface area contributed by atoms with Gasteiger partial charge >= 0.3 is 5.97 Å². The van der Waals surface area contributed by atoms with Gasteiger partial charge in [-0.05, 0) is 55.3 Å². The molecular formula is C21H22N2O4. The molecule has 0 saturated carbocycles. The minimum absolute atomic E-state index is 0.0510. The van der Waals surface area contributed by atoms with E-state index in [2.05, 4.69) is 10.1 Å². The molecule has 1 N–H and O–H groups in total. The Morgan fingerprint density at radius 1 is 1.11 bits per heavy atom. The molecule has 1 aliphatic heterocycles. The number of aryl methyl sites for hydroxylation is 1. The Balaban J connectivity index is 1.69. The maximum atomic E-state index is 12.6. The van der Waals surface area contributed by atoms with Crippen LogP contribution in [0.15, 0.2) is 42.5 Å². The molecular weight excluding hydrogens is 344 g/mol. The van der Waals surface area contributed by atoms with Crippen LogP contribution in [0.2, 0.25) is 0 Å². The molecule has 1 atom stereocenters. The van der Waals surface area contributed by atoms with Crippen molar-refractivity contribution in [3.05, 3.63) is 59.2 Å². The zero-order chi connectivity index (χ0) is 19.6. The van der Waals surface area contributed by atoms with Crippen LogP contribution in [0.4, 0.5) is 11.4 Å². The van der Waals surface area contributed by atoms with Crippen molar-refractivity contribution in [2.45, 2.75) is 20.3 Å². The lowest BCUT2D eigenvalue weighted by Gasteiger charge is -2.20. The summed E-state index contributed by atoms with van der Waals surface area (Å²) in [6.45, 7) is 4.34. The van der Waals surface area contributed by atoms with Crippen LogP contribution in [0, 0.1) is 19.8 Å². The fourth-order valence-corrected chi connectivity index (χ4v) is 3.20. The fourth-order valence-electron chi connectivity index (χ4n) is 3.20. The summed E-state index contributed by atoms with van der Waals surface area (Å²) in [5, 5.41) is 2.82. The number of hydrogen-bond acceptors (Lipinski definition) is 4. The summed E-state index contributed by atoms with van der Waals surface area (Å²) in [7, 11) is 1.32. The molecule has 1 fully saturated rings. The Morgan fingerprint density at radius 2 is 1.81 bits per heavy atom. The van der Waals surface area contributed by atoms with E-state index in [1.807, 2.05) is 32.0 Å². The monoisotopic (exact) mass is 366 g/mol. The van der Waals surface area contributed by atoms with Gasteiger partial charge in [-0.2, -0.15) is 0 Å². The number of carbonyl (C=O) groups is 3. The lowest BCUT2D eigenvalue weighted by atomic mass is 10.1. The summed E-state index contributed by atoms with van der Waals surface area (Å²) in [5.74, 6) is -1.11. The highest BCUT2D eigenvalue weighted by Crippen LogP contribution is 2.30. The molecule has 0 radical (unpaired) electrons. The second kappa shape index (κ2) is 7.61. The van der Waals surface area contributed by atoms with Crippen molar-refractivity contribution < 1.29 is 19.1 Å². The van der Waals surface area contributed by atoms with Crippen LogP contribution in [-0.4, -0.2) is 31.4 Å². The van der Waals surface area contributed by atoms with Crippen LogP contribution in [0.3, 0.4) is 0 Å². The second-order valence-corrected chi connectivity index (χ2v) is 6.68. The number of esters is 1. The maximum Gasteiger partial charge on any atom is 0.337 e. The molecule has 0 bridgehead atoms. The summed E-state index contributed by atoms with van der Waals surface area (Å²) in [5.41, 5.74) is 4.00. The summed E-state index contributed by atoms with van der Waals surface area (Å²) < 4.78 is 4.65. The van der Waals surface area contributed by atoms with E-state index in [0.717, 1.165) is 16.8 Å². The number of nitrogens with one attached hydrogen (secondary N) is 1. The normalized spacial score (nSPS) is 16.3. The molecule has 0 aliphatic carbocycles. The fraction of sp³-hybridized carbons (Fsp3) is 0.286. The maximum absolute atomic E-state index is 12.6. The predicted molar refractivity (Wildman–Crippen MR) is 103 cm³/mol. The number of hydrogen-bond donors (Lipinski definition) is 1. The standard InChI is InChI=1S/C21H22N2O4/c1-13-5-4-6-18(14(13)2)23-12-16(11-19(23)24)20(25)22-17-9-7-15(8-10-17)21(26)27-3/h4-10,16H,11-12H2,1-3H3,(H,22,25)/t16-/m1/s1. The van der Waals surface area contributed by atoms with Crippen molar-refractivity contribution in [3.63, 3.8) is 0 Å². The molecule has 1 saturated heterocycles. The second-order valence-electron chi connectivity index (χ2n) is 6.68. The number of anilines is 2. The van der Waals surface area contributed by atoms with Gasteiger partial charge in [-0.3, -0.25) is 9.59 Å². The minimum atomic E-state index is -0.432. The number of carbonyl (C=O) groups excluding carboxylic acids is 3. The molecule has 0 aromatic heterocycles. The van der Waals surface area contributed by atoms with Gasteiger partial charge in [0, 0.05) is 24.3 Å². The van der Waals surface area contributed by atoms with Gasteiger partial charge in [0.1, 0.15) is 0 Å². The van der Waals surface area contributed by atoms with Crippen LogP contribution >= 0.6 is 0 Å². The first-order valence-corrected chi connectivity index (χ1v) is 8.76. The summed E-state index contributed by atoms with van der Waals surface area (Å²) in [6, 6.07) is 12.3. The van der Waals surface area contributed by atoms with Gasteiger partial charge < -0.3 is 15.0 Å². The van der Waals surface area contributed by atoms with Crippen LogP contribution in [-0.2, 0) is 14.3 Å². The average molecular weight is 366 g/mol. The Morgan fingerprint density at radius 3 is 2.48 bits per heavy atom. The highest BCUT2D eigenvalue weighted by atomic mass is 16.5. The number of nitrogens with zero attached hydrogens (tertiary/aromatic N) is 1. The number of amides is 2. The first-order valence-electron chi connectivity index (χ1n) is 8.76. The average Bonchev–Trinajstić information content (AvgIpc) is 3.05. The Kier molecular flexibility index (Phi) is 5.26. The first-order chi connectivity index (χ1) is 12.9. The molecule has 140 valence electrons. The molecule has 0 unspecified atom stereocenters. The van der Waals surface area contributed by atoms with Gasteiger partial charge in [0.25, 0.3) is 0 Å². The van der Waals surface area contributed by atoms with Gasteiger partial charge in [0.05, 0.1) is 18.6 Å². The minimum Gasteiger partial charge on any atom is -0.465 e. The van der Waals surface area contributed by atoms with Crippen molar-refractivity contribution >= 4 is 29.2 Å². The van der Waals surface area contributed by atoms with E-state index < -0.39 is 11.9 Å². The van der Waals surface area contributed by atoms with E-state index in [4.69, 9.17) is 0 Å². The third-order valence-corrected chi connectivity index (χ3v) is 4.94. The predicted octanol–water partition coefficient (Wildman–Crippen LogP) is 3.08. The zero-order valence-electron chi connectivity index (χ0n) is 15.6. The summed E-state index contributed by atoms with van der Waals surface area (Å²) in [4.78, 5) is 38.2. The smallest absolute Gasteiger partial charge is 0.337 e. The molecule has 2 aromatic rings. The van der Waals surface area contributed by atoms with Crippen molar-refractivity contribution in [1.29, 1.82) is 0 Å². The highest BCUT2D eigenvalue weighted by molar-refractivity contribution is 6.04. The highest BCUT2D eigenvalue weighted by Gasteiger charge is 2.35. The summed E-state index contributed by atoms with van der Waals surface area (Å²) in [6.07, 6.45) is 0.180. The Bertz CT molecular complexity index is 890. The van der Waals surface area contributed by atoms with Crippen molar-refractivity contribution in [2.75, 3.05) is 23.9 Å². The van der Waals surface area contributed by atoms with Crippen molar-refractivity contribution in [1.82, 2.24) is 0 Å². The van der Waals surface area contributed by atoms with Crippen LogP contribution in [0.1, 0.15) is 27.9 Å². The molecule has 27 heavy (non-hydrogen) atoms. The third kappa shape index (κ3) is 3.84. The Hall–Kier alpha value is -3.15. The van der Waals surface area contributed by atoms with E-state index in [0.29, 0.717) is 17.8 Å². The van der Waals surface area contributed by atoms with Gasteiger partial charge in [-0.15, -0.1) is 0 Å². The lowest BCUT2D eigenvalue weighted by molar-refractivity contribution is -0.122. The lowest BCUT2D eigenvalue weighted by Crippen LogP contribution is -2.28. The van der Waals surface area contributed by atoms with Crippen LogP contribution in [0.5, 0.6) is 0 Å². The quantitative estimate of drug-likeness (QED) is 0.844. The molecule has 6 heteroatoms. The van der Waals surface area contributed by atoms with E-state index >= 15 is 0 Å². The van der Waals surface area contributed by atoms with E-state index in [1.165, 1.54) is 7.11 Å². The molecule has 2 amide bonds. The summed E-state index contributed by atoms with van der Waals surface area (Å²) >= 11 is 0. The molecule has 6 nitrogen and oxygen atoms in total. The van der Waals surface area contributed by atoms with Crippen molar-refractivity contribution in [2.24, 2.45) is 5.92 Å². The molecule has 3 rings (SSSR count). The number of ether oxygens (including phenoxy) is 1. The topological polar surface area (TPSA) is 75.7 Å². The van der Waals surface area contributed by atoms with Gasteiger partial charge in [-0.1, -0.05) is 12.1 Å². The molecule has 1 aliphatic rings. The largest absolute Gasteiger partial charge is 0.465 e. The van der Waals surface area contributed by atoms with E-state index in [-0.39, 0.29) is 18.2 Å². The Labute approximate surface area is 158 Å². The van der Waals surface area contributed by atoms with Crippen LogP contribution < -0.4 is 10.2 Å². The number of benzene rings is 2. The molecule has 0 spiro atoms. The third-order valence-electron chi connectivity index (χ3n) is 4.94. The van der Waals surface area contributed by atoms with Gasteiger partial charge in [-0.25, -0.2) is 4.79 Å². The van der Waals surface area contributed by atoms with Crippen molar-refractivity contribution in [3.8, 4) is 0 Å². The van der Waals surface area contributed by atoms with E-state index in [9.17, 15) is 14.4 Å². The molecule has 2 aromatic carbocycles. The molecule has 1 heterocycles. The first kappa shape index (κ1) is 18.6. The van der Waals surface area contributed by atoms with E-state index in [1.54, 1.807) is 29.2 Å². The van der Waals surface area contributed by atoms with Gasteiger partial charge in [0.2, 0.25) is 11.8 Å². The number of methoxy groups -OCH3 is 1. The zero-order valence-corrected chi connectivity index (χ0v) is 15.6.